The van der Waals surface area contributed by atoms with Crippen molar-refractivity contribution < 1.29 is 37.6 Å². The largest absolute Gasteiger partial charge is 0.472 e. The highest BCUT2D eigenvalue weighted by atomic mass is 31.2. The second-order valence-electron chi connectivity index (χ2n) is 12.1. The van der Waals surface area contributed by atoms with E-state index in [-0.39, 0.29) is 38.6 Å². The molecular weight excluding hydrogens is 581 g/mol. The SMILES string of the molecule is CCCCCCCCCCCCCCCCCC(=O)O[C@H](COC(=O)CCCCCCCCCC)COP(=O)(O)OCCN. The zero-order valence-electron chi connectivity index (χ0n) is 28.4. The van der Waals surface area contributed by atoms with Gasteiger partial charge in [-0.15, -0.1) is 0 Å². The van der Waals surface area contributed by atoms with E-state index >= 15 is 0 Å². The summed E-state index contributed by atoms with van der Waals surface area (Å²) in [5.41, 5.74) is 5.31. The summed E-state index contributed by atoms with van der Waals surface area (Å²) in [6.45, 7) is 3.70. The number of esters is 2. The summed E-state index contributed by atoms with van der Waals surface area (Å²) in [6, 6.07) is 0. The van der Waals surface area contributed by atoms with Crippen LogP contribution in [0.4, 0.5) is 0 Å². The molecule has 9 nitrogen and oxygen atoms in total. The molecule has 0 heterocycles. The number of phosphoric acid groups is 1. The molecule has 0 aromatic rings. The Kier molecular flexibility index (Phi) is 31.3. The summed E-state index contributed by atoms with van der Waals surface area (Å²) in [5, 5.41) is 0. The number of hydrogen-bond acceptors (Lipinski definition) is 8. The first-order valence-electron chi connectivity index (χ1n) is 18.0. The summed E-state index contributed by atoms with van der Waals surface area (Å²) in [7, 11) is -4.36. The molecule has 10 heteroatoms. The summed E-state index contributed by atoms with van der Waals surface area (Å²) in [4.78, 5) is 34.5. The van der Waals surface area contributed by atoms with Gasteiger partial charge in [0.25, 0.3) is 0 Å². The Morgan fingerprint density at radius 2 is 0.977 bits per heavy atom. The van der Waals surface area contributed by atoms with Gasteiger partial charge >= 0.3 is 19.8 Å². The molecule has 0 saturated heterocycles. The molecular formula is C34H68NO8P. The maximum Gasteiger partial charge on any atom is 0.472 e. The van der Waals surface area contributed by atoms with Crippen molar-refractivity contribution in [2.75, 3.05) is 26.4 Å². The third-order valence-electron chi connectivity index (χ3n) is 7.74. The molecule has 3 N–H and O–H groups in total. The lowest BCUT2D eigenvalue weighted by Crippen LogP contribution is -2.29. The van der Waals surface area contributed by atoms with Crippen LogP contribution in [0.2, 0.25) is 0 Å². The standard InChI is InChI=1S/C34H68NO8P/c1-3-5-7-9-11-13-14-15-16-17-18-19-21-23-25-27-34(37)43-32(31-42-44(38,39)41-29-28-35)30-40-33(36)26-24-22-20-12-10-8-6-4-2/h32H,3-31,35H2,1-2H3,(H,38,39)/t32-/m1/s1. The molecule has 0 rings (SSSR count). The van der Waals surface area contributed by atoms with Gasteiger partial charge in [-0.25, -0.2) is 4.57 Å². The predicted molar refractivity (Wildman–Crippen MR) is 178 cm³/mol. The maximum absolute atomic E-state index is 12.5. The van der Waals surface area contributed by atoms with Crippen molar-refractivity contribution in [1.29, 1.82) is 0 Å². The zero-order valence-corrected chi connectivity index (χ0v) is 29.3. The molecule has 262 valence electrons. The molecule has 0 saturated carbocycles. The quantitative estimate of drug-likeness (QED) is 0.0397. The van der Waals surface area contributed by atoms with Gasteiger partial charge in [0, 0.05) is 19.4 Å². The fraction of sp³-hybridized carbons (Fsp3) is 0.941. The van der Waals surface area contributed by atoms with E-state index in [1.165, 1.54) is 109 Å². The molecule has 0 radical (unpaired) electrons. The van der Waals surface area contributed by atoms with Crippen LogP contribution in [0.3, 0.4) is 0 Å². The summed E-state index contributed by atoms with van der Waals surface area (Å²) >= 11 is 0. The van der Waals surface area contributed by atoms with Crippen LogP contribution >= 0.6 is 7.82 Å². The molecule has 0 fully saturated rings. The van der Waals surface area contributed by atoms with Gasteiger partial charge in [0.1, 0.15) is 6.61 Å². The average molecular weight is 650 g/mol. The molecule has 0 aromatic carbocycles. The Balaban J connectivity index is 4.18. The van der Waals surface area contributed by atoms with Gasteiger partial charge in [-0.3, -0.25) is 18.6 Å². The van der Waals surface area contributed by atoms with E-state index in [9.17, 15) is 19.0 Å². The Bertz CT molecular complexity index is 709. The van der Waals surface area contributed by atoms with Crippen LogP contribution in [-0.4, -0.2) is 49.3 Å². The highest BCUT2D eigenvalue weighted by Gasteiger charge is 2.25. The number of ether oxygens (including phenoxy) is 2. The Labute approximate surface area is 269 Å². The van der Waals surface area contributed by atoms with E-state index in [0.29, 0.717) is 6.42 Å². The molecule has 1 unspecified atom stereocenters. The fourth-order valence-corrected chi connectivity index (χ4v) is 5.81. The Morgan fingerprint density at radius 1 is 0.591 bits per heavy atom. The molecule has 0 aliphatic heterocycles. The van der Waals surface area contributed by atoms with Gasteiger partial charge in [-0.1, -0.05) is 149 Å². The van der Waals surface area contributed by atoms with Crippen LogP contribution in [0.25, 0.3) is 0 Å². The smallest absolute Gasteiger partial charge is 0.462 e. The van der Waals surface area contributed by atoms with Crippen molar-refractivity contribution in [3.8, 4) is 0 Å². The number of unbranched alkanes of at least 4 members (excludes halogenated alkanes) is 21. The highest BCUT2D eigenvalue weighted by Crippen LogP contribution is 2.43. The van der Waals surface area contributed by atoms with Crippen molar-refractivity contribution in [1.82, 2.24) is 0 Å². The number of carbonyl (C=O) groups excluding carboxylic acids is 2. The molecule has 0 aliphatic rings. The Morgan fingerprint density at radius 3 is 1.39 bits per heavy atom. The first kappa shape index (κ1) is 43.0. The normalized spacial score (nSPS) is 13.5. The lowest BCUT2D eigenvalue weighted by Gasteiger charge is -2.19. The number of phosphoric ester groups is 1. The minimum atomic E-state index is -4.36. The fourth-order valence-electron chi connectivity index (χ4n) is 5.05. The van der Waals surface area contributed by atoms with Gasteiger partial charge in [-0.05, 0) is 12.8 Å². The zero-order chi connectivity index (χ0) is 32.6. The summed E-state index contributed by atoms with van der Waals surface area (Å²) in [6.07, 6.45) is 27.1. The molecule has 0 aromatic heterocycles. The van der Waals surface area contributed by atoms with Crippen LogP contribution in [-0.2, 0) is 32.7 Å². The van der Waals surface area contributed by atoms with E-state index in [2.05, 4.69) is 13.8 Å². The molecule has 0 bridgehead atoms. The van der Waals surface area contributed by atoms with Crippen LogP contribution in [0.15, 0.2) is 0 Å². The minimum absolute atomic E-state index is 0.0575. The second kappa shape index (κ2) is 32.0. The van der Waals surface area contributed by atoms with E-state index in [4.69, 9.17) is 24.3 Å². The van der Waals surface area contributed by atoms with E-state index < -0.39 is 26.5 Å². The predicted octanol–water partition coefficient (Wildman–Crippen LogP) is 9.33. The third kappa shape index (κ3) is 31.0. The van der Waals surface area contributed by atoms with Gasteiger partial charge in [0.2, 0.25) is 0 Å². The van der Waals surface area contributed by atoms with E-state index in [0.717, 1.165) is 32.1 Å². The minimum Gasteiger partial charge on any atom is -0.462 e. The highest BCUT2D eigenvalue weighted by molar-refractivity contribution is 7.47. The van der Waals surface area contributed by atoms with Crippen LogP contribution in [0.5, 0.6) is 0 Å². The van der Waals surface area contributed by atoms with Crippen LogP contribution < -0.4 is 5.73 Å². The topological polar surface area (TPSA) is 134 Å². The van der Waals surface area contributed by atoms with E-state index in [1.807, 2.05) is 0 Å². The summed E-state index contributed by atoms with van der Waals surface area (Å²) < 4.78 is 32.5. The molecule has 2 atom stereocenters. The van der Waals surface area contributed by atoms with Crippen molar-refractivity contribution in [2.24, 2.45) is 5.73 Å². The number of hydrogen-bond donors (Lipinski definition) is 2. The maximum atomic E-state index is 12.5. The van der Waals surface area contributed by atoms with Gasteiger partial charge in [0.05, 0.1) is 13.2 Å². The summed E-state index contributed by atoms with van der Waals surface area (Å²) in [5.74, 6) is -0.825. The van der Waals surface area contributed by atoms with Crippen molar-refractivity contribution in [3.05, 3.63) is 0 Å². The van der Waals surface area contributed by atoms with Gasteiger partial charge < -0.3 is 20.1 Å². The number of carbonyl (C=O) groups is 2. The molecule has 0 aliphatic carbocycles. The molecule has 0 spiro atoms. The molecule has 44 heavy (non-hydrogen) atoms. The second-order valence-corrected chi connectivity index (χ2v) is 13.6. The van der Waals surface area contributed by atoms with Gasteiger partial charge in [0.15, 0.2) is 6.10 Å². The lowest BCUT2D eigenvalue weighted by atomic mass is 10.0. The van der Waals surface area contributed by atoms with Crippen molar-refractivity contribution >= 4 is 19.8 Å². The van der Waals surface area contributed by atoms with Crippen LogP contribution in [0, 0.1) is 0 Å². The average Bonchev–Trinajstić information content (AvgIpc) is 3.00. The van der Waals surface area contributed by atoms with Crippen LogP contribution in [0.1, 0.15) is 174 Å². The monoisotopic (exact) mass is 649 g/mol. The molecule has 0 amide bonds. The van der Waals surface area contributed by atoms with Crippen molar-refractivity contribution in [3.63, 3.8) is 0 Å². The lowest BCUT2D eigenvalue weighted by molar-refractivity contribution is -0.161. The van der Waals surface area contributed by atoms with Crippen molar-refractivity contribution in [2.45, 2.75) is 180 Å². The third-order valence-corrected chi connectivity index (χ3v) is 8.73. The first-order valence-corrected chi connectivity index (χ1v) is 19.5. The first-order chi connectivity index (χ1) is 21.3. The van der Waals surface area contributed by atoms with E-state index in [1.54, 1.807) is 0 Å². The number of nitrogens with two attached hydrogens (primary N) is 1. The van der Waals surface area contributed by atoms with Gasteiger partial charge in [-0.2, -0.15) is 0 Å². The Hall–Kier alpha value is -0.990. The number of rotatable bonds is 34.